The van der Waals surface area contributed by atoms with Crippen molar-refractivity contribution in [1.29, 1.82) is 0 Å². The molecule has 1 aromatic carbocycles. The van der Waals surface area contributed by atoms with E-state index in [1.54, 1.807) is 12.1 Å². The predicted octanol–water partition coefficient (Wildman–Crippen LogP) is 2.18. The number of benzene rings is 1. The van der Waals surface area contributed by atoms with E-state index in [1.165, 1.54) is 7.11 Å². The molecular weight excluding hydrogens is 316 g/mol. The fourth-order valence-corrected chi connectivity index (χ4v) is 1.86. The van der Waals surface area contributed by atoms with Crippen molar-refractivity contribution in [1.82, 2.24) is 5.32 Å². The Bertz CT molecular complexity index is 534. The van der Waals surface area contributed by atoms with E-state index in [1.807, 2.05) is 20.8 Å². The first-order valence-electron chi connectivity index (χ1n) is 7.73. The summed E-state index contributed by atoms with van der Waals surface area (Å²) in [4.78, 5) is 22.9. The Labute approximate surface area is 141 Å². The van der Waals surface area contributed by atoms with Crippen molar-refractivity contribution in [2.75, 3.05) is 38.8 Å². The molecule has 1 aromatic rings. The van der Waals surface area contributed by atoms with Gasteiger partial charge in [0.2, 0.25) is 5.75 Å². The fraction of sp³-hybridized carbons (Fsp3) is 0.500. The highest BCUT2D eigenvalue weighted by molar-refractivity contribution is 5.92. The minimum Gasteiger partial charge on any atom is -0.490 e. The average molecular weight is 340 g/mol. The second-order valence-corrected chi connectivity index (χ2v) is 4.48. The van der Waals surface area contributed by atoms with Crippen LogP contribution in [0.3, 0.4) is 0 Å². The molecule has 1 rings (SSSR count). The zero-order chi connectivity index (χ0) is 17.9. The lowest BCUT2D eigenvalue weighted by Crippen LogP contribution is -2.33. The summed E-state index contributed by atoms with van der Waals surface area (Å²) < 4.78 is 21.2. The van der Waals surface area contributed by atoms with Gasteiger partial charge in [-0.3, -0.25) is 4.79 Å². The highest BCUT2D eigenvalue weighted by Gasteiger charge is 2.16. The minimum absolute atomic E-state index is 0.226. The SMILES string of the molecule is CCOc1cc(NC(=O)NCC(=O)OC)cc(OCC)c1OCC. The Morgan fingerprint density at radius 1 is 0.958 bits per heavy atom. The van der Waals surface area contributed by atoms with Gasteiger partial charge < -0.3 is 29.6 Å². The van der Waals surface area contributed by atoms with Gasteiger partial charge in [-0.25, -0.2) is 4.79 Å². The summed E-state index contributed by atoms with van der Waals surface area (Å²) >= 11 is 0. The molecule has 0 saturated carbocycles. The number of carbonyl (C=O) groups excluding carboxylic acids is 2. The van der Waals surface area contributed by atoms with E-state index in [4.69, 9.17) is 14.2 Å². The molecule has 134 valence electrons. The average Bonchev–Trinajstić information content (AvgIpc) is 2.56. The van der Waals surface area contributed by atoms with Crippen LogP contribution in [0.15, 0.2) is 12.1 Å². The molecule has 2 amide bonds. The third-order valence-electron chi connectivity index (χ3n) is 2.79. The lowest BCUT2D eigenvalue weighted by Gasteiger charge is -2.17. The summed E-state index contributed by atoms with van der Waals surface area (Å²) in [6, 6.07) is 2.72. The number of esters is 1. The number of hydrogen-bond acceptors (Lipinski definition) is 6. The van der Waals surface area contributed by atoms with Crippen molar-refractivity contribution >= 4 is 17.7 Å². The molecule has 0 heterocycles. The number of rotatable bonds is 9. The van der Waals surface area contributed by atoms with Crippen LogP contribution in [0.4, 0.5) is 10.5 Å². The zero-order valence-electron chi connectivity index (χ0n) is 14.4. The van der Waals surface area contributed by atoms with Gasteiger partial charge in [0.25, 0.3) is 0 Å². The fourth-order valence-electron chi connectivity index (χ4n) is 1.86. The number of nitrogens with one attached hydrogen (secondary N) is 2. The highest BCUT2D eigenvalue weighted by Crippen LogP contribution is 2.40. The predicted molar refractivity (Wildman–Crippen MR) is 89.0 cm³/mol. The van der Waals surface area contributed by atoms with E-state index in [2.05, 4.69) is 15.4 Å². The van der Waals surface area contributed by atoms with Gasteiger partial charge in [-0.05, 0) is 20.8 Å². The second-order valence-electron chi connectivity index (χ2n) is 4.48. The van der Waals surface area contributed by atoms with Crippen molar-refractivity contribution < 1.29 is 28.5 Å². The maximum atomic E-state index is 11.8. The third-order valence-corrected chi connectivity index (χ3v) is 2.79. The second kappa shape index (κ2) is 10.2. The Kier molecular flexibility index (Phi) is 8.24. The van der Waals surface area contributed by atoms with Crippen molar-refractivity contribution in [2.45, 2.75) is 20.8 Å². The lowest BCUT2D eigenvalue weighted by molar-refractivity contribution is -0.139. The van der Waals surface area contributed by atoms with E-state index in [0.717, 1.165) is 0 Å². The first-order chi connectivity index (χ1) is 11.5. The summed E-state index contributed by atoms with van der Waals surface area (Å²) in [6.45, 7) is 6.65. The Hall–Kier alpha value is -2.64. The molecular formula is C16H24N2O6. The van der Waals surface area contributed by atoms with E-state index < -0.39 is 12.0 Å². The van der Waals surface area contributed by atoms with Gasteiger partial charge in [0, 0.05) is 12.1 Å². The quantitative estimate of drug-likeness (QED) is 0.669. The number of ether oxygens (including phenoxy) is 4. The molecule has 0 unspecified atom stereocenters. The molecule has 0 atom stereocenters. The molecule has 0 aliphatic carbocycles. The molecule has 0 saturated heterocycles. The van der Waals surface area contributed by atoms with Crippen molar-refractivity contribution in [3.63, 3.8) is 0 Å². The first-order valence-corrected chi connectivity index (χ1v) is 7.73. The molecule has 0 aromatic heterocycles. The van der Waals surface area contributed by atoms with Gasteiger partial charge in [0.15, 0.2) is 11.5 Å². The number of anilines is 1. The molecule has 0 spiro atoms. The van der Waals surface area contributed by atoms with Crippen LogP contribution in [-0.2, 0) is 9.53 Å². The summed E-state index contributed by atoms with van der Waals surface area (Å²) in [5.41, 5.74) is 0.452. The van der Waals surface area contributed by atoms with E-state index in [9.17, 15) is 9.59 Å². The smallest absolute Gasteiger partial charge is 0.325 e. The molecule has 24 heavy (non-hydrogen) atoms. The molecule has 0 fully saturated rings. The molecule has 0 aliphatic rings. The Morgan fingerprint density at radius 3 is 1.96 bits per heavy atom. The summed E-state index contributed by atoms with van der Waals surface area (Å²) in [6.07, 6.45) is 0. The van der Waals surface area contributed by atoms with Crippen LogP contribution in [0.2, 0.25) is 0 Å². The summed E-state index contributed by atoms with van der Waals surface area (Å²) in [5, 5.41) is 5.00. The number of methoxy groups -OCH3 is 1. The van der Waals surface area contributed by atoms with Crippen LogP contribution in [0, 0.1) is 0 Å². The minimum atomic E-state index is -0.547. The highest BCUT2D eigenvalue weighted by atomic mass is 16.5. The molecule has 0 aliphatic heterocycles. The standard InChI is InChI=1S/C16H24N2O6/c1-5-22-12-8-11(18-16(20)17-10-14(19)21-4)9-13(23-6-2)15(12)24-7-3/h8-9H,5-7,10H2,1-4H3,(H2,17,18,20). The number of carbonyl (C=O) groups is 2. The molecule has 8 nitrogen and oxygen atoms in total. The topological polar surface area (TPSA) is 95.1 Å². The maximum absolute atomic E-state index is 11.8. The van der Waals surface area contributed by atoms with Crippen LogP contribution in [0.25, 0.3) is 0 Å². The van der Waals surface area contributed by atoms with Crippen LogP contribution in [-0.4, -0.2) is 45.5 Å². The lowest BCUT2D eigenvalue weighted by atomic mass is 10.2. The van der Waals surface area contributed by atoms with Crippen LogP contribution >= 0.6 is 0 Å². The summed E-state index contributed by atoms with van der Waals surface area (Å²) in [5.74, 6) is 0.880. The van der Waals surface area contributed by atoms with Gasteiger partial charge in [0.1, 0.15) is 6.54 Å². The van der Waals surface area contributed by atoms with Gasteiger partial charge in [-0.2, -0.15) is 0 Å². The van der Waals surface area contributed by atoms with E-state index >= 15 is 0 Å². The van der Waals surface area contributed by atoms with Gasteiger partial charge in [0.05, 0.1) is 32.6 Å². The zero-order valence-corrected chi connectivity index (χ0v) is 14.4. The molecule has 0 radical (unpaired) electrons. The van der Waals surface area contributed by atoms with Gasteiger partial charge >= 0.3 is 12.0 Å². The van der Waals surface area contributed by atoms with E-state index in [0.29, 0.717) is 42.8 Å². The molecule has 0 bridgehead atoms. The molecule has 2 N–H and O–H groups in total. The van der Waals surface area contributed by atoms with Crippen LogP contribution < -0.4 is 24.8 Å². The third kappa shape index (κ3) is 5.86. The van der Waals surface area contributed by atoms with E-state index in [-0.39, 0.29) is 6.54 Å². The Balaban J connectivity index is 2.97. The number of amides is 2. The first kappa shape index (κ1) is 19.4. The van der Waals surface area contributed by atoms with Crippen LogP contribution in [0.1, 0.15) is 20.8 Å². The number of hydrogen-bond donors (Lipinski definition) is 2. The largest absolute Gasteiger partial charge is 0.490 e. The van der Waals surface area contributed by atoms with Crippen molar-refractivity contribution in [3.8, 4) is 17.2 Å². The summed E-state index contributed by atoms with van der Waals surface area (Å²) in [7, 11) is 1.25. The van der Waals surface area contributed by atoms with Crippen molar-refractivity contribution in [2.24, 2.45) is 0 Å². The normalized spacial score (nSPS) is 9.83. The van der Waals surface area contributed by atoms with Gasteiger partial charge in [-0.1, -0.05) is 0 Å². The maximum Gasteiger partial charge on any atom is 0.325 e. The van der Waals surface area contributed by atoms with Gasteiger partial charge in [-0.15, -0.1) is 0 Å². The van der Waals surface area contributed by atoms with Crippen LogP contribution in [0.5, 0.6) is 17.2 Å². The monoisotopic (exact) mass is 340 g/mol. The Morgan fingerprint density at radius 2 is 1.50 bits per heavy atom. The van der Waals surface area contributed by atoms with Crippen molar-refractivity contribution in [3.05, 3.63) is 12.1 Å². The molecule has 8 heteroatoms. The number of urea groups is 1.